The molecule has 0 spiro atoms. The van der Waals surface area contributed by atoms with Crippen molar-refractivity contribution in [2.75, 3.05) is 0 Å². The summed E-state index contributed by atoms with van der Waals surface area (Å²) in [6.07, 6.45) is -1.06. The number of hydrogen-bond acceptors (Lipinski definition) is 1. The topological polar surface area (TPSA) is 42.2 Å². The summed E-state index contributed by atoms with van der Waals surface area (Å²) < 4.78 is 1.05. The van der Waals surface area contributed by atoms with Gasteiger partial charge in [-0.1, -0.05) is 29.8 Å². The van der Waals surface area contributed by atoms with Gasteiger partial charge >= 0.3 is 6.09 Å². The molecule has 0 radical (unpaired) electrons. The van der Waals surface area contributed by atoms with Gasteiger partial charge in [0.25, 0.3) is 0 Å². The van der Waals surface area contributed by atoms with Crippen molar-refractivity contribution in [3.05, 3.63) is 35.5 Å². The van der Waals surface area contributed by atoms with Crippen LogP contribution >= 0.6 is 11.6 Å². The fourth-order valence-corrected chi connectivity index (χ4v) is 1.60. The van der Waals surface area contributed by atoms with Gasteiger partial charge in [0, 0.05) is 5.39 Å². The van der Waals surface area contributed by atoms with Crippen LogP contribution < -0.4 is 0 Å². The van der Waals surface area contributed by atoms with Gasteiger partial charge in [0.2, 0.25) is 0 Å². The molecule has 0 amide bonds. The van der Waals surface area contributed by atoms with Crippen LogP contribution in [0.5, 0.6) is 0 Å². The third-order valence-corrected chi connectivity index (χ3v) is 2.14. The van der Waals surface area contributed by atoms with Gasteiger partial charge in [-0.3, -0.25) is 0 Å². The van der Waals surface area contributed by atoms with Crippen LogP contribution in [-0.4, -0.2) is 15.8 Å². The van der Waals surface area contributed by atoms with Gasteiger partial charge in [0.1, 0.15) is 5.15 Å². The molecule has 0 aliphatic heterocycles. The molecule has 0 saturated carbocycles. The molecule has 0 aliphatic carbocycles. The average Bonchev–Trinajstić information content (AvgIpc) is 2.39. The monoisotopic (exact) mass is 195 g/mol. The molecule has 3 nitrogen and oxygen atoms in total. The Hall–Kier alpha value is -1.48. The van der Waals surface area contributed by atoms with Crippen LogP contribution in [0.2, 0.25) is 5.15 Å². The smallest absolute Gasteiger partial charge is 0.417 e. The lowest BCUT2D eigenvalue weighted by molar-refractivity contribution is 0.197. The zero-order valence-corrected chi connectivity index (χ0v) is 7.32. The second-order valence-corrected chi connectivity index (χ2v) is 3.03. The van der Waals surface area contributed by atoms with E-state index in [-0.39, 0.29) is 5.15 Å². The molecule has 0 unspecified atom stereocenters. The van der Waals surface area contributed by atoms with E-state index < -0.39 is 6.09 Å². The number of aromatic nitrogens is 1. The fraction of sp³-hybridized carbons (Fsp3) is 0. The maximum Gasteiger partial charge on any atom is 0.417 e. The van der Waals surface area contributed by atoms with Crippen LogP contribution in [0.1, 0.15) is 0 Å². The Morgan fingerprint density at radius 2 is 2.08 bits per heavy atom. The Balaban J connectivity index is 2.86. The van der Waals surface area contributed by atoms with Crippen molar-refractivity contribution in [1.29, 1.82) is 0 Å². The van der Waals surface area contributed by atoms with Gasteiger partial charge in [0.05, 0.1) is 5.52 Å². The third-order valence-electron chi connectivity index (χ3n) is 1.86. The third kappa shape index (κ3) is 1.17. The molecule has 0 saturated heterocycles. The van der Waals surface area contributed by atoms with Gasteiger partial charge in [-0.25, -0.2) is 9.36 Å². The standard InChI is InChI=1S/C9H6ClNO2/c10-8-5-6-3-1-2-4-7(6)11(8)9(12)13/h1-5H,(H,12,13). The summed E-state index contributed by atoms with van der Waals surface area (Å²) in [6, 6.07) is 8.78. The normalized spacial score (nSPS) is 10.5. The van der Waals surface area contributed by atoms with Crippen LogP contribution in [0.4, 0.5) is 4.79 Å². The summed E-state index contributed by atoms with van der Waals surface area (Å²) in [5.74, 6) is 0. The van der Waals surface area contributed by atoms with E-state index in [0.717, 1.165) is 9.95 Å². The molecule has 4 heteroatoms. The highest BCUT2D eigenvalue weighted by atomic mass is 35.5. The van der Waals surface area contributed by atoms with Crippen molar-refractivity contribution in [2.24, 2.45) is 0 Å². The van der Waals surface area contributed by atoms with Crippen LogP contribution in [-0.2, 0) is 0 Å². The van der Waals surface area contributed by atoms with Crippen LogP contribution in [0.25, 0.3) is 10.9 Å². The van der Waals surface area contributed by atoms with Crippen LogP contribution in [0.3, 0.4) is 0 Å². The van der Waals surface area contributed by atoms with E-state index in [1.807, 2.05) is 12.1 Å². The van der Waals surface area contributed by atoms with Crippen molar-refractivity contribution in [3.8, 4) is 0 Å². The first-order chi connectivity index (χ1) is 6.20. The summed E-state index contributed by atoms with van der Waals surface area (Å²) in [7, 11) is 0. The van der Waals surface area contributed by atoms with E-state index in [1.54, 1.807) is 18.2 Å². The first-order valence-electron chi connectivity index (χ1n) is 3.69. The maximum absolute atomic E-state index is 10.8. The number of nitrogens with zero attached hydrogens (tertiary/aromatic N) is 1. The predicted molar refractivity (Wildman–Crippen MR) is 50.4 cm³/mol. The Morgan fingerprint density at radius 1 is 1.38 bits per heavy atom. The first kappa shape index (κ1) is 8.13. The van der Waals surface area contributed by atoms with Crippen molar-refractivity contribution >= 4 is 28.6 Å². The minimum atomic E-state index is -1.06. The predicted octanol–water partition coefficient (Wildman–Crippen LogP) is 2.82. The fourth-order valence-electron chi connectivity index (χ4n) is 1.32. The average molecular weight is 196 g/mol. The summed E-state index contributed by atoms with van der Waals surface area (Å²) in [5.41, 5.74) is 0.611. The quantitative estimate of drug-likeness (QED) is 0.703. The molecule has 0 atom stereocenters. The number of hydrogen-bond donors (Lipinski definition) is 1. The maximum atomic E-state index is 10.8. The van der Waals surface area contributed by atoms with Gasteiger partial charge in [-0.05, 0) is 12.1 Å². The van der Waals surface area contributed by atoms with Gasteiger partial charge < -0.3 is 5.11 Å². The number of fused-ring (bicyclic) bond motifs is 1. The first-order valence-corrected chi connectivity index (χ1v) is 4.07. The van der Waals surface area contributed by atoms with E-state index in [4.69, 9.17) is 16.7 Å². The van der Waals surface area contributed by atoms with Crippen LogP contribution in [0.15, 0.2) is 30.3 Å². The van der Waals surface area contributed by atoms with Gasteiger partial charge in [0.15, 0.2) is 0 Å². The van der Waals surface area contributed by atoms with Crippen molar-refractivity contribution in [3.63, 3.8) is 0 Å². The lowest BCUT2D eigenvalue weighted by Crippen LogP contribution is -2.06. The van der Waals surface area contributed by atoms with Crippen molar-refractivity contribution in [2.45, 2.75) is 0 Å². The zero-order chi connectivity index (χ0) is 9.42. The highest BCUT2D eigenvalue weighted by Crippen LogP contribution is 2.22. The Labute approximate surface area is 79.2 Å². The lowest BCUT2D eigenvalue weighted by Gasteiger charge is -1.97. The summed E-state index contributed by atoms with van der Waals surface area (Å²) >= 11 is 5.74. The Kier molecular flexibility index (Phi) is 1.74. The molecule has 2 aromatic rings. The van der Waals surface area contributed by atoms with E-state index in [9.17, 15) is 4.79 Å². The number of para-hydroxylation sites is 1. The molecular formula is C9H6ClNO2. The summed E-state index contributed by atoms with van der Waals surface area (Å²) in [6.45, 7) is 0. The SMILES string of the molecule is O=C(O)n1c(Cl)cc2ccccc21. The van der Waals surface area contributed by atoms with Crippen molar-refractivity contribution < 1.29 is 9.90 Å². The number of benzene rings is 1. The number of halogens is 1. The minimum Gasteiger partial charge on any atom is -0.464 e. The largest absolute Gasteiger partial charge is 0.464 e. The molecule has 0 fully saturated rings. The van der Waals surface area contributed by atoms with Gasteiger partial charge in [-0.2, -0.15) is 0 Å². The molecule has 1 aromatic heterocycles. The van der Waals surface area contributed by atoms with E-state index >= 15 is 0 Å². The second kappa shape index (κ2) is 2.78. The molecule has 1 N–H and O–H groups in total. The molecule has 13 heavy (non-hydrogen) atoms. The van der Waals surface area contributed by atoms with Crippen LogP contribution in [0, 0.1) is 0 Å². The number of carboxylic acid groups (broad SMARTS) is 1. The van der Waals surface area contributed by atoms with E-state index in [1.165, 1.54) is 0 Å². The van der Waals surface area contributed by atoms with E-state index in [2.05, 4.69) is 0 Å². The molecule has 0 bridgehead atoms. The molecule has 66 valence electrons. The Morgan fingerprint density at radius 3 is 2.77 bits per heavy atom. The minimum absolute atomic E-state index is 0.216. The molecular weight excluding hydrogens is 190 g/mol. The second-order valence-electron chi connectivity index (χ2n) is 2.64. The summed E-state index contributed by atoms with van der Waals surface area (Å²) in [4.78, 5) is 10.8. The van der Waals surface area contributed by atoms with E-state index in [0.29, 0.717) is 5.52 Å². The zero-order valence-electron chi connectivity index (χ0n) is 6.57. The van der Waals surface area contributed by atoms with Gasteiger partial charge in [-0.15, -0.1) is 0 Å². The highest BCUT2D eigenvalue weighted by Gasteiger charge is 2.10. The summed E-state index contributed by atoms with van der Waals surface area (Å²) in [5, 5.41) is 9.88. The lowest BCUT2D eigenvalue weighted by atomic mass is 10.2. The van der Waals surface area contributed by atoms with Crippen molar-refractivity contribution in [1.82, 2.24) is 4.57 Å². The Bertz CT molecular complexity index is 475. The number of carbonyl (C=O) groups is 1. The number of rotatable bonds is 0. The molecule has 1 heterocycles. The highest BCUT2D eigenvalue weighted by molar-refractivity contribution is 6.32. The molecule has 1 aromatic carbocycles. The molecule has 0 aliphatic rings. The molecule has 2 rings (SSSR count).